The van der Waals surface area contributed by atoms with E-state index < -0.39 is 0 Å². The summed E-state index contributed by atoms with van der Waals surface area (Å²) in [6.45, 7) is 0.721. The van der Waals surface area contributed by atoms with Crippen LogP contribution in [0.4, 0.5) is 4.39 Å². The largest absolute Gasteiger partial charge is 0.350 e. The molecule has 0 aliphatic heterocycles. The second-order valence-corrected chi connectivity index (χ2v) is 4.17. The van der Waals surface area contributed by atoms with Crippen molar-refractivity contribution in [2.75, 3.05) is 6.54 Å². The summed E-state index contributed by atoms with van der Waals surface area (Å²) < 4.78 is 15.2. The normalized spacial score (nSPS) is 11.2. The van der Waals surface area contributed by atoms with Gasteiger partial charge in [-0.25, -0.2) is 4.39 Å². The van der Waals surface area contributed by atoms with Gasteiger partial charge in [0.25, 0.3) is 0 Å². The smallest absolute Gasteiger partial charge is 0.123 e. The van der Waals surface area contributed by atoms with Gasteiger partial charge in [-0.1, -0.05) is 0 Å². The van der Waals surface area contributed by atoms with Crippen molar-refractivity contribution in [2.24, 2.45) is 12.8 Å². The molecule has 0 spiro atoms. The summed E-state index contributed by atoms with van der Waals surface area (Å²) in [5, 5.41) is 1.03. The van der Waals surface area contributed by atoms with Gasteiger partial charge in [-0.2, -0.15) is 0 Å². The van der Waals surface area contributed by atoms with Crippen molar-refractivity contribution in [3.8, 4) is 0 Å². The molecule has 1 aromatic heterocycles. The number of rotatable bonds is 4. The van der Waals surface area contributed by atoms with E-state index in [-0.39, 0.29) is 5.82 Å². The van der Waals surface area contributed by atoms with E-state index in [9.17, 15) is 4.39 Å². The van der Waals surface area contributed by atoms with Crippen LogP contribution in [0, 0.1) is 5.82 Å². The predicted molar refractivity (Wildman–Crippen MR) is 64.9 cm³/mol. The van der Waals surface area contributed by atoms with E-state index in [0.717, 1.165) is 36.7 Å². The van der Waals surface area contributed by atoms with Crippen LogP contribution in [0.1, 0.15) is 18.4 Å². The van der Waals surface area contributed by atoms with Crippen LogP contribution in [-0.2, 0) is 13.5 Å². The number of benzene rings is 1. The molecule has 86 valence electrons. The molecular formula is C13H17FN2. The lowest BCUT2D eigenvalue weighted by atomic mass is 10.1. The summed E-state index contributed by atoms with van der Waals surface area (Å²) in [5.74, 6) is -0.168. The number of hydrogen-bond acceptors (Lipinski definition) is 1. The lowest BCUT2D eigenvalue weighted by molar-refractivity contribution is 0.629. The lowest BCUT2D eigenvalue weighted by Gasteiger charge is -1.98. The molecule has 0 aliphatic rings. The maximum absolute atomic E-state index is 13.2. The van der Waals surface area contributed by atoms with Crippen LogP contribution in [0.5, 0.6) is 0 Å². The number of nitrogens with two attached hydrogens (primary N) is 1. The zero-order valence-corrected chi connectivity index (χ0v) is 9.54. The Morgan fingerprint density at radius 1 is 1.31 bits per heavy atom. The van der Waals surface area contributed by atoms with Gasteiger partial charge in [0.05, 0.1) is 0 Å². The number of unbranched alkanes of at least 4 members (excludes halogenated alkanes) is 1. The topological polar surface area (TPSA) is 30.9 Å². The van der Waals surface area contributed by atoms with E-state index in [4.69, 9.17) is 5.73 Å². The van der Waals surface area contributed by atoms with Crippen molar-refractivity contribution in [1.29, 1.82) is 0 Å². The summed E-state index contributed by atoms with van der Waals surface area (Å²) >= 11 is 0. The Bertz CT molecular complexity index is 488. The monoisotopic (exact) mass is 220 g/mol. The first kappa shape index (κ1) is 11.1. The third-order valence-electron chi connectivity index (χ3n) is 2.93. The molecule has 0 unspecified atom stereocenters. The fourth-order valence-corrected chi connectivity index (χ4v) is 2.10. The van der Waals surface area contributed by atoms with E-state index in [1.165, 1.54) is 11.6 Å². The van der Waals surface area contributed by atoms with E-state index in [1.807, 2.05) is 17.7 Å². The summed E-state index contributed by atoms with van der Waals surface area (Å²) in [7, 11) is 1.99. The average molecular weight is 220 g/mol. The molecule has 2 aromatic rings. The maximum Gasteiger partial charge on any atom is 0.123 e. The van der Waals surface area contributed by atoms with Crippen LogP contribution in [-0.4, -0.2) is 11.1 Å². The van der Waals surface area contributed by atoms with Gasteiger partial charge in [0.15, 0.2) is 0 Å². The first-order valence-corrected chi connectivity index (χ1v) is 5.66. The Labute approximate surface area is 94.9 Å². The Kier molecular flexibility index (Phi) is 3.25. The molecule has 2 nitrogen and oxygen atoms in total. The minimum absolute atomic E-state index is 0.168. The highest BCUT2D eigenvalue weighted by molar-refractivity contribution is 5.84. The molecule has 1 heterocycles. The fraction of sp³-hybridized carbons (Fsp3) is 0.385. The molecule has 0 radical (unpaired) electrons. The van der Waals surface area contributed by atoms with Gasteiger partial charge in [-0.15, -0.1) is 0 Å². The van der Waals surface area contributed by atoms with Crippen LogP contribution >= 0.6 is 0 Å². The lowest BCUT2D eigenvalue weighted by Crippen LogP contribution is -1.98. The number of aryl methyl sites for hydroxylation is 2. The third-order valence-corrected chi connectivity index (χ3v) is 2.93. The molecule has 0 bridgehead atoms. The minimum atomic E-state index is -0.168. The van der Waals surface area contributed by atoms with Gasteiger partial charge in [-0.3, -0.25) is 0 Å². The number of nitrogens with zero attached hydrogens (tertiary/aromatic N) is 1. The molecule has 2 N–H and O–H groups in total. The van der Waals surface area contributed by atoms with Crippen LogP contribution in [0.3, 0.4) is 0 Å². The highest BCUT2D eigenvalue weighted by Gasteiger charge is 2.06. The van der Waals surface area contributed by atoms with E-state index in [0.29, 0.717) is 0 Å². The molecule has 3 heteroatoms. The van der Waals surface area contributed by atoms with E-state index in [2.05, 4.69) is 6.20 Å². The second-order valence-electron chi connectivity index (χ2n) is 4.17. The van der Waals surface area contributed by atoms with E-state index >= 15 is 0 Å². The first-order chi connectivity index (χ1) is 7.72. The zero-order chi connectivity index (χ0) is 11.5. The standard InChI is InChI=1S/C13H17FN2/c1-16-9-10(4-2-3-7-15)12-8-11(14)5-6-13(12)16/h5-6,8-9H,2-4,7,15H2,1H3. The Morgan fingerprint density at radius 3 is 2.88 bits per heavy atom. The summed E-state index contributed by atoms with van der Waals surface area (Å²) in [5.41, 5.74) is 7.77. The van der Waals surface area contributed by atoms with Crippen molar-refractivity contribution in [1.82, 2.24) is 4.57 Å². The molecule has 1 aromatic carbocycles. The SMILES string of the molecule is Cn1cc(CCCCN)c2cc(F)ccc21. The van der Waals surface area contributed by atoms with Gasteiger partial charge in [0, 0.05) is 24.1 Å². The number of halogens is 1. The fourth-order valence-electron chi connectivity index (χ4n) is 2.10. The van der Waals surface area contributed by atoms with E-state index in [1.54, 1.807) is 6.07 Å². The predicted octanol–water partition coefficient (Wildman–Crippen LogP) is 2.60. The number of fused-ring (bicyclic) bond motifs is 1. The average Bonchev–Trinajstić information content (AvgIpc) is 2.56. The van der Waals surface area contributed by atoms with Crippen LogP contribution in [0.15, 0.2) is 24.4 Å². The first-order valence-electron chi connectivity index (χ1n) is 5.66. The van der Waals surface area contributed by atoms with Crippen molar-refractivity contribution >= 4 is 10.9 Å². The molecule has 0 amide bonds. The van der Waals surface area contributed by atoms with Crippen molar-refractivity contribution in [3.63, 3.8) is 0 Å². The molecular weight excluding hydrogens is 203 g/mol. The maximum atomic E-state index is 13.2. The van der Waals surface area contributed by atoms with Gasteiger partial charge < -0.3 is 10.3 Å². The van der Waals surface area contributed by atoms with Gasteiger partial charge in [0.1, 0.15) is 5.82 Å². The Hall–Kier alpha value is -1.35. The minimum Gasteiger partial charge on any atom is -0.350 e. The second kappa shape index (κ2) is 4.66. The highest BCUT2D eigenvalue weighted by atomic mass is 19.1. The summed E-state index contributed by atoms with van der Waals surface area (Å²) in [6, 6.07) is 4.95. The molecule has 0 aliphatic carbocycles. The molecule has 0 saturated heterocycles. The Morgan fingerprint density at radius 2 is 2.12 bits per heavy atom. The number of hydrogen-bond donors (Lipinski definition) is 1. The van der Waals surface area contributed by atoms with Crippen LogP contribution in [0.25, 0.3) is 10.9 Å². The number of aromatic nitrogens is 1. The molecule has 0 saturated carbocycles. The Balaban J connectivity index is 2.33. The zero-order valence-electron chi connectivity index (χ0n) is 9.54. The van der Waals surface area contributed by atoms with Crippen LogP contribution < -0.4 is 5.73 Å². The van der Waals surface area contributed by atoms with Gasteiger partial charge in [0.2, 0.25) is 0 Å². The molecule has 2 rings (SSSR count). The van der Waals surface area contributed by atoms with Crippen molar-refractivity contribution in [3.05, 3.63) is 35.8 Å². The van der Waals surface area contributed by atoms with Crippen molar-refractivity contribution < 1.29 is 4.39 Å². The van der Waals surface area contributed by atoms with Crippen LogP contribution in [0.2, 0.25) is 0 Å². The van der Waals surface area contributed by atoms with Crippen molar-refractivity contribution in [2.45, 2.75) is 19.3 Å². The third kappa shape index (κ3) is 2.09. The highest BCUT2D eigenvalue weighted by Crippen LogP contribution is 2.23. The molecule has 0 fully saturated rings. The summed E-state index contributed by atoms with van der Waals surface area (Å²) in [6.07, 6.45) is 5.14. The molecule has 0 atom stereocenters. The quantitative estimate of drug-likeness (QED) is 0.789. The summed E-state index contributed by atoms with van der Waals surface area (Å²) in [4.78, 5) is 0. The van der Waals surface area contributed by atoms with Gasteiger partial charge >= 0.3 is 0 Å². The molecule has 16 heavy (non-hydrogen) atoms. The van der Waals surface area contributed by atoms with Gasteiger partial charge in [-0.05, 0) is 49.6 Å².